The predicted molar refractivity (Wildman–Crippen MR) is 106 cm³/mol. The Labute approximate surface area is 160 Å². The SMILES string of the molecule is COCCN(C(=O)[C@@H]1CC(=O)Nc2ccccc21)c1nc2ccccc2s1. The van der Waals surface area contributed by atoms with E-state index in [2.05, 4.69) is 10.3 Å². The van der Waals surface area contributed by atoms with E-state index in [1.165, 1.54) is 11.3 Å². The normalized spacial score (nSPS) is 16.0. The highest BCUT2D eigenvalue weighted by Gasteiger charge is 2.34. The molecule has 0 saturated carbocycles. The van der Waals surface area contributed by atoms with Crippen molar-refractivity contribution >= 4 is 44.2 Å². The first-order chi connectivity index (χ1) is 13.2. The van der Waals surface area contributed by atoms with Gasteiger partial charge < -0.3 is 10.1 Å². The molecule has 1 aliphatic heterocycles. The molecule has 1 aliphatic rings. The molecule has 0 radical (unpaired) electrons. The molecule has 2 amide bonds. The van der Waals surface area contributed by atoms with E-state index in [0.717, 1.165) is 15.8 Å². The van der Waals surface area contributed by atoms with Gasteiger partial charge in [-0.2, -0.15) is 0 Å². The van der Waals surface area contributed by atoms with Gasteiger partial charge in [0.05, 0.1) is 29.3 Å². The molecule has 1 N–H and O–H groups in total. The summed E-state index contributed by atoms with van der Waals surface area (Å²) < 4.78 is 6.22. The quantitative estimate of drug-likeness (QED) is 0.735. The Morgan fingerprint density at radius 1 is 1.26 bits per heavy atom. The Morgan fingerprint density at radius 2 is 2.04 bits per heavy atom. The first-order valence-electron chi connectivity index (χ1n) is 8.72. The molecule has 0 spiro atoms. The van der Waals surface area contributed by atoms with Gasteiger partial charge in [0.1, 0.15) is 0 Å². The van der Waals surface area contributed by atoms with Crippen molar-refractivity contribution in [3.63, 3.8) is 0 Å². The maximum absolute atomic E-state index is 13.4. The highest BCUT2D eigenvalue weighted by atomic mass is 32.1. The topological polar surface area (TPSA) is 71.5 Å². The van der Waals surface area contributed by atoms with Crippen molar-refractivity contribution in [2.75, 3.05) is 30.5 Å². The summed E-state index contributed by atoms with van der Waals surface area (Å²) in [5, 5.41) is 3.47. The molecule has 0 unspecified atom stereocenters. The van der Waals surface area contributed by atoms with Gasteiger partial charge in [0.25, 0.3) is 0 Å². The van der Waals surface area contributed by atoms with E-state index in [-0.39, 0.29) is 18.2 Å². The minimum Gasteiger partial charge on any atom is -0.383 e. The fourth-order valence-electron chi connectivity index (χ4n) is 3.28. The average Bonchev–Trinajstić information content (AvgIpc) is 3.11. The lowest BCUT2D eigenvalue weighted by Crippen LogP contribution is -2.40. The highest BCUT2D eigenvalue weighted by molar-refractivity contribution is 7.22. The van der Waals surface area contributed by atoms with Gasteiger partial charge in [-0.05, 0) is 23.8 Å². The van der Waals surface area contributed by atoms with Gasteiger partial charge in [-0.15, -0.1) is 0 Å². The lowest BCUT2D eigenvalue weighted by molar-refractivity contribution is -0.124. The van der Waals surface area contributed by atoms with Crippen LogP contribution in [-0.2, 0) is 14.3 Å². The second-order valence-electron chi connectivity index (χ2n) is 6.34. The lowest BCUT2D eigenvalue weighted by Gasteiger charge is -2.29. The number of amides is 2. The third-order valence-corrected chi connectivity index (χ3v) is 5.66. The van der Waals surface area contributed by atoms with Crippen LogP contribution in [-0.4, -0.2) is 37.1 Å². The molecule has 0 aliphatic carbocycles. The van der Waals surface area contributed by atoms with Crippen LogP contribution in [0.1, 0.15) is 17.9 Å². The van der Waals surface area contributed by atoms with Crippen LogP contribution in [0.4, 0.5) is 10.8 Å². The number of nitrogens with one attached hydrogen (secondary N) is 1. The Kier molecular flexibility index (Phi) is 4.87. The summed E-state index contributed by atoms with van der Waals surface area (Å²) in [4.78, 5) is 31.9. The number of fused-ring (bicyclic) bond motifs is 2. The lowest BCUT2D eigenvalue weighted by atomic mass is 9.89. The summed E-state index contributed by atoms with van der Waals surface area (Å²) in [5.74, 6) is -0.810. The first kappa shape index (κ1) is 17.6. The maximum Gasteiger partial charge on any atom is 0.237 e. The minimum atomic E-state index is -0.529. The number of benzene rings is 2. The monoisotopic (exact) mass is 381 g/mol. The van der Waals surface area contributed by atoms with Crippen molar-refractivity contribution in [2.45, 2.75) is 12.3 Å². The molecule has 7 heteroatoms. The molecule has 27 heavy (non-hydrogen) atoms. The molecule has 6 nitrogen and oxygen atoms in total. The van der Waals surface area contributed by atoms with Crippen molar-refractivity contribution < 1.29 is 14.3 Å². The Morgan fingerprint density at radius 3 is 2.85 bits per heavy atom. The molecule has 3 aromatic rings. The maximum atomic E-state index is 13.4. The summed E-state index contributed by atoms with van der Waals surface area (Å²) in [5.41, 5.74) is 2.39. The molecule has 138 valence electrons. The molecule has 0 bridgehead atoms. The number of anilines is 2. The third kappa shape index (κ3) is 3.43. The van der Waals surface area contributed by atoms with E-state index < -0.39 is 5.92 Å². The van der Waals surface area contributed by atoms with Gasteiger partial charge in [-0.25, -0.2) is 4.98 Å². The van der Waals surface area contributed by atoms with Gasteiger partial charge in [0, 0.05) is 19.2 Å². The van der Waals surface area contributed by atoms with Gasteiger partial charge in [-0.1, -0.05) is 41.7 Å². The Balaban J connectivity index is 1.72. The van der Waals surface area contributed by atoms with Crippen molar-refractivity contribution in [1.29, 1.82) is 0 Å². The summed E-state index contributed by atoms with van der Waals surface area (Å²) >= 11 is 1.47. The van der Waals surface area contributed by atoms with Crippen LogP contribution in [0.3, 0.4) is 0 Å². The average molecular weight is 381 g/mol. The summed E-state index contributed by atoms with van der Waals surface area (Å²) in [6, 6.07) is 15.2. The minimum absolute atomic E-state index is 0.129. The number of carbonyl (C=O) groups excluding carboxylic acids is 2. The van der Waals surface area contributed by atoms with Crippen LogP contribution in [0.15, 0.2) is 48.5 Å². The van der Waals surface area contributed by atoms with E-state index >= 15 is 0 Å². The molecule has 1 atom stereocenters. The fraction of sp³-hybridized carbons (Fsp3) is 0.250. The molecule has 0 fully saturated rings. The third-order valence-electron chi connectivity index (χ3n) is 4.60. The van der Waals surface area contributed by atoms with Gasteiger partial charge >= 0.3 is 0 Å². The summed E-state index contributed by atoms with van der Waals surface area (Å²) in [7, 11) is 1.60. The van der Waals surface area contributed by atoms with Crippen molar-refractivity contribution in [3.8, 4) is 0 Å². The van der Waals surface area contributed by atoms with Gasteiger partial charge in [0.15, 0.2) is 5.13 Å². The zero-order valence-corrected chi connectivity index (χ0v) is 15.7. The Bertz CT molecular complexity index is 968. The van der Waals surface area contributed by atoms with Crippen LogP contribution in [0.25, 0.3) is 10.2 Å². The fourth-order valence-corrected chi connectivity index (χ4v) is 4.27. The molecule has 1 aromatic heterocycles. The second-order valence-corrected chi connectivity index (χ2v) is 7.35. The number of methoxy groups -OCH3 is 1. The Hall–Kier alpha value is -2.77. The molecule has 4 rings (SSSR count). The van der Waals surface area contributed by atoms with Crippen LogP contribution in [0.5, 0.6) is 0 Å². The van der Waals surface area contributed by atoms with E-state index in [4.69, 9.17) is 4.74 Å². The van der Waals surface area contributed by atoms with E-state index in [1.54, 1.807) is 12.0 Å². The van der Waals surface area contributed by atoms with Crippen molar-refractivity contribution in [3.05, 3.63) is 54.1 Å². The van der Waals surface area contributed by atoms with Gasteiger partial charge in [0.2, 0.25) is 11.8 Å². The van der Waals surface area contributed by atoms with Crippen LogP contribution >= 0.6 is 11.3 Å². The number of nitrogens with zero attached hydrogens (tertiary/aromatic N) is 2. The van der Waals surface area contributed by atoms with E-state index in [1.807, 2.05) is 48.5 Å². The largest absolute Gasteiger partial charge is 0.383 e. The zero-order valence-electron chi connectivity index (χ0n) is 14.8. The smallest absolute Gasteiger partial charge is 0.237 e. The standard InChI is InChI=1S/C20H19N3O3S/c1-26-11-10-23(20-22-16-8-4-5-9-17(16)27-20)19(25)14-12-18(24)21-15-7-3-2-6-13(14)15/h2-9,14H,10-12H2,1H3,(H,21,24)/t14-/m1/s1. The van der Waals surface area contributed by atoms with E-state index in [0.29, 0.717) is 24.0 Å². The number of thiazole rings is 1. The van der Waals surface area contributed by atoms with Crippen LogP contribution in [0.2, 0.25) is 0 Å². The van der Waals surface area contributed by atoms with Crippen molar-refractivity contribution in [1.82, 2.24) is 4.98 Å². The van der Waals surface area contributed by atoms with Gasteiger partial charge in [-0.3, -0.25) is 14.5 Å². The van der Waals surface area contributed by atoms with E-state index in [9.17, 15) is 9.59 Å². The molecular formula is C20H19N3O3S. The predicted octanol–water partition coefficient (Wildman–Crippen LogP) is 3.40. The summed E-state index contributed by atoms with van der Waals surface area (Å²) in [6.07, 6.45) is 0.129. The molecular weight excluding hydrogens is 362 g/mol. The number of hydrogen-bond acceptors (Lipinski definition) is 5. The number of aromatic nitrogens is 1. The number of rotatable bonds is 5. The van der Waals surface area contributed by atoms with Crippen molar-refractivity contribution in [2.24, 2.45) is 0 Å². The van der Waals surface area contributed by atoms with Crippen LogP contribution in [0, 0.1) is 0 Å². The zero-order chi connectivity index (χ0) is 18.8. The number of para-hydroxylation sites is 2. The summed E-state index contributed by atoms with van der Waals surface area (Å²) in [6.45, 7) is 0.775. The molecule has 2 aromatic carbocycles. The molecule has 2 heterocycles. The number of carbonyl (C=O) groups is 2. The highest BCUT2D eigenvalue weighted by Crippen LogP contribution is 2.36. The second kappa shape index (κ2) is 7.46. The number of hydrogen-bond donors (Lipinski definition) is 1. The first-order valence-corrected chi connectivity index (χ1v) is 9.53. The molecule has 0 saturated heterocycles. The number of ether oxygens (including phenoxy) is 1. The van der Waals surface area contributed by atoms with Crippen LogP contribution < -0.4 is 10.2 Å².